The highest BCUT2D eigenvalue weighted by molar-refractivity contribution is 5.86. The van der Waals surface area contributed by atoms with Crippen molar-refractivity contribution in [3.8, 4) is 0 Å². The number of ketones is 1. The van der Waals surface area contributed by atoms with Gasteiger partial charge in [0.05, 0.1) is 33.0 Å². The number of carbonyl (C=O) groups is 5. The number of carbonyl (C=O) groups excluding carboxylic acids is 5. The average molecular weight is 505 g/mol. The molecule has 35 heavy (non-hydrogen) atoms. The first kappa shape index (κ1) is 31.7. The molecule has 0 bridgehead atoms. The van der Waals surface area contributed by atoms with Gasteiger partial charge in [-0.05, 0) is 5.53 Å². The summed E-state index contributed by atoms with van der Waals surface area (Å²) in [4.78, 5) is 62.1. The minimum Gasteiger partial charge on any atom is -0.456 e. The summed E-state index contributed by atoms with van der Waals surface area (Å²) in [6.07, 6.45) is -7.03. The Balaban J connectivity index is 5.53. The van der Waals surface area contributed by atoms with Crippen LogP contribution in [-0.2, 0) is 52.4 Å². The van der Waals surface area contributed by atoms with Gasteiger partial charge < -0.3 is 33.5 Å². The van der Waals surface area contributed by atoms with E-state index in [1.165, 1.54) is 0 Å². The van der Waals surface area contributed by atoms with Crippen molar-refractivity contribution in [1.82, 2.24) is 0 Å². The Morgan fingerprint density at radius 2 is 1.29 bits per heavy atom. The van der Waals surface area contributed by atoms with Crippen molar-refractivity contribution >= 4 is 29.7 Å². The van der Waals surface area contributed by atoms with Crippen LogP contribution in [0.4, 0.5) is 0 Å². The number of Topliss-reactive ketones (excluding diaryl/α,β-unsaturated/α-hetero) is 1. The van der Waals surface area contributed by atoms with E-state index in [2.05, 4.69) is 10.0 Å². The number of aliphatic hydroxyl groups excluding tert-OH is 1. The molecule has 0 aliphatic carbocycles. The molecule has 0 aromatic rings. The first-order valence-corrected chi connectivity index (χ1v) is 10.5. The van der Waals surface area contributed by atoms with Crippen LogP contribution in [-0.4, -0.2) is 98.8 Å². The zero-order valence-electron chi connectivity index (χ0n) is 20.0. The molecule has 0 aliphatic heterocycles. The third kappa shape index (κ3) is 14.6. The van der Waals surface area contributed by atoms with Gasteiger partial charge in [0.15, 0.2) is 24.1 Å². The fourth-order valence-corrected chi connectivity index (χ4v) is 2.74. The first-order valence-electron chi connectivity index (χ1n) is 10.5. The molecule has 0 spiro atoms. The molecule has 1 N–H and O–H groups in total. The monoisotopic (exact) mass is 505 g/mol. The van der Waals surface area contributed by atoms with Gasteiger partial charge in [-0.25, -0.2) is 0 Å². The third-order valence-electron chi connectivity index (χ3n) is 3.96. The number of azide groups is 1. The summed E-state index contributed by atoms with van der Waals surface area (Å²) < 4.78 is 30.7. The predicted octanol–water partition coefficient (Wildman–Crippen LogP) is 0.00820. The Morgan fingerprint density at radius 3 is 1.77 bits per heavy atom. The van der Waals surface area contributed by atoms with Crippen LogP contribution >= 0.6 is 0 Å². The van der Waals surface area contributed by atoms with Crippen LogP contribution in [0.2, 0.25) is 0 Å². The molecule has 0 amide bonds. The lowest BCUT2D eigenvalue weighted by Crippen LogP contribution is -2.55. The van der Waals surface area contributed by atoms with E-state index in [9.17, 15) is 29.1 Å². The van der Waals surface area contributed by atoms with Crippen molar-refractivity contribution in [3.63, 3.8) is 0 Å². The summed E-state index contributed by atoms with van der Waals surface area (Å²) in [5, 5.41) is 13.0. The topological polar surface area (TPSA) is 210 Å². The highest BCUT2D eigenvalue weighted by Crippen LogP contribution is 2.21. The molecule has 0 fully saturated rings. The van der Waals surface area contributed by atoms with Gasteiger partial charge in [0.2, 0.25) is 6.10 Å². The Kier molecular flexibility index (Phi) is 16.4. The smallest absolute Gasteiger partial charge is 0.303 e. The quantitative estimate of drug-likeness (QED) is 0.0652. The summed E-state index contributed by atoms with van der Waals surface area (Å²) >= 11 is 0. The van der Waals surface area contributed by atoms with Crippen LogP contribution in [0, 0.1) is 0 Å². The number of rotatable bonds is 18. The molecule has 0 saturated carbocycles. The number of hydrogen-bond donors (Lipinski definition) is 1. The van der Waals surface area contributed by atoms with Crippen LogP contribution in [0.1, 0.15) is 34.1 Å². The van der Waals surface area contributed by atoms with E-state index in [1.54, 1.807) is 0 Å². The van der Waals surface area contributed by atoms with E-state index in [1.807, 2.05) is 0 Å². The second kappa shape index (κ2) is 18.1. The van der Waals surface area contributed by atoms with Crippen molar-refractivity contribution in [2.75, 3.05) is 39.6 Å². The second-order valence-corrected chi connectivity index (χ2v) is 6.90. The molecule has 0 rings (SSSR count). The first-order chi connectivity index (χ1) is 16.5. The minimum atomic E-state index is -1.77. The van der Waals surface area contributed by atoms with Gasteiger partial charge in [-0.2, -0.15) is 0 Å². The van der Waals surface area contributed by atoms with Crippen molar-refractivity contribution in [2.45, 2.75) is 58.5 Å². The SMILES string of the molecule is CC(=O)O[C@H]([C@H](OC(C)=O)[C@@H](OC(C)=O)C(=O)CCOCCOCCN=[N+]=[N-])[C@@H](CO)OC(C)=O. The van der Waals surface area contributed by atoms with Gasteiger partial charge in [0, 0.05) is 45.6 Å². The van der Waals surface area contributed by atoms with E-state index < -0.39 is 60.7 Å². The molecule has 15 heteroatoms. The Hall–Kier alpha value is -3.26. The van der Waals surface area contributed by atoms with E-state index in [0.29, 0.717) is 0 Å². The molecule has 0 saturated heterocycles. The van der Waals surface area contributed by atoms with E-state index >= 15 is 0 Å². The number of nitrogens with zero attached hydrogens (tertiary/aromatic N) is 3. The Labute approximate surface area is 201 Å². The lowest BCUT2D eigenvalue weighted by molar-refractivity contribution is -0.201. The highest BCUT2D eigenvalue weighted by Gasteiger charge is 2.45. The molecule has 15 nitrogen and oxygen atoms in total. The maximum Gasteiger partial charge on any atom is 0.303 e. The van der Waals surface area contributed by atoms with Crippen LogP contribution in [0.5, 0.6) is 0 Å². The Bertz CT molecular complexity index is 768. The van der Waals surface area contributed by atoms with Gasteiger partial charge in [-0.3, -0.25) is 24.0 Å². The fourth-order valence-electron chi connectivity index (χ4n) is 2.74. The fraction of sp³-hybridized carbons (Fsp3) is 0.750. The number of esters is 4. The summed E-state index contributed by atoms with van der Waals surface area (Å²) in [6, 6.07) is 0. The van der Waals surface area contributed by atoms with Gasteiger partial charge in [-0.1, -0.05) is 5.11 Å². The van der Waals surface area contributed by atoms with Crippen molar-refractivity contribution in [2.24, 2.45) is 5.11 Å². The molecule has 0 aromatic carbocycles. The number of hydrogen-bond acceptors (Lipinski definition) is 13. The van der Waals surface area contributed by atoms with Crippen molar-refractivity contribution in [1.29, 1.82) is 0 Å². The zero-order chi connectivity index (χ0) is 26.8. The summed E-state index contributed by atoms with van der Waals surface area (Å²) in [5.74, 6) is -4.36. The molecule has 0 unspecified atom stereocenters. The molecular formula is C20H31N3O12. The van der Waals surface area contributed by atoms with Crippen molar-refractivity contribution < 1.29 is 57.5 Å². The van der Waals surface area contributed by atoms with E-state index in [0.717, 1.165) is 27.7 Å². The largest absolute Gasteiger partial charge is 0.456 e. The van der Waals surface area contributed by atoms with Crippen LogP contribution in [0.15, 0.2) is 5.11 Å². The molecule has 198 valence electrons. The highest BCUT2D eigenvalue weighted by atomic mass is 16.6. The summed E-state index contributed by atoms with van der Waals surface area (Å²) in [7, 11) is 0. The van der Waals surface area contributed by atoms with Gasteiger partial charge in [0.1, 0.15) is 0 Å². The molecule has 0 aromatic heterocycles. The van der Waals surface area contributed by atoms with Crippen LogP contribution < -0.4 is 0 Å². The van der Waals surface area contributed by atoms with Gasteiger partial charge >= 0.3 is 23.9 Å². The standard InChI is InChI=1S/C20H31N3O12/c1-12(25)32-17(11-24)19(34-14(3)27)20(35-15(4)28)18(33-13(2)26)16(29)5-7-30-9-10-31-8-6-22-23-21/h17-20,24H,5-11H2,1-4H3/t17-,18+,19+,20-/m1/s1. The Morgan fingerprint density at radius 1 is 0.771 bits per heavy atom. The molecule has 4 atom stereocenters. The molecule has 0 aliphatic rings. The van der Waals surface area contributed by atoms with E-state index in [-0.39, 0.29) is 39.4 Å². The second-order valence-electron chi connectivity index (χ2n) is 6.90. The minimum absolute atomic E-state index is 0.101. The maximum absolute atomic E-state index is 12.9. The van der Waals surface area contributed by atoms with Gasteiger partial charge in [-0.15, -0.1) is 0 Å². The predicted molar refractivity (Wildman–Crippen MR) is 115 cm³/mol. The lowest BCUT2D eigenvalue weighted by atomic mass is 9.97. The van der Waals surface area contributed by atoms with Gasteiger partial charge in [0.25, 0.3) is 0 Å². The zero-order valence-corrected chi connectivity index (χ0v) is 20.0. The average Bonchev–Trinajstić information content (AvgIpc) is 2.76. The third-order valence-corrected chi connectivity index (χ3v) is 3.96. The summed E-state index contributed by atoms with van der Waals surface area (Å²) in [5.41, 5.74) is 8.17. The summed E-state index contributed by atoms with van der Waals surface area (Å²) in [6.45, 7) is 3.65. The van der Waals surface area contributed by atoms with Crippen molar-refractivity contribution in [3.05, 3.63) is 10.4 Å². The number of aliphatic hydroxyl groups is 1. The number of ether oxygens (including phenoxy) is 6. The molecule has 0 radical (unpaired) electrons. The van der Waals surface area contributed by atoms with E-state index in [4.69, 9.17) is 34.0 Å². The maximum atomic E-state index is 12.9. The van der Waals surface area contributed by atoms with Crippen LogP contribution in [0.25, 0.3) is 10.4 Å². The molecule has 0 heterocycles. The lowest BCUT2D eigenvalue weighted by Gasteiger charge is -2.34. The normalized spacial score (nSPS) is 13.9. The van der Waals surface area contributed by atoms with Crippen LogP contribution in [0.3, 0.4) is 0 Å². The molecular weight excluding hydrogens is 474 g/mol.